The third kappa shape index (κ3) is 4.67. The number of thiazole rings is 1. The summed E-state index contributed by atoms with van der Waals surface area (Å²) in [4.78, 5) is 15.5. The number of benzene rings is 2. The van der Waals surface area contributed by atoms with E-state index in [4.69, 9.17) is 0 Å². The molecule has 0 aliphatic rings. The van der Waals surface area contributed by atoms with Crippen LogP contribution in [-0.2, 0) is 10.0 Å². The minimum atomic E-state index is -4.14. The Morgan fingerprint density at radius 2 is 1.81 bits per heavy atom. The van der Waals surface area contributed by atoms with E-state index in [9.17, 15) is 22.0 Å². The van der Waals surface area contributed by atoms with Crippen molar-refractivity contribution >= 4 is 48.5 Å². The Balaban J connectivity index is 1.75. The number of hydrogen-bond acceptors (Lipinski definition) is 5. The summed E-state index contributed by atoms with van der Waals surface area (Å²) < 4.78 is 53.9. The van der Waals surface area contributed by atoms with Crippen molar-refractivity contribution in [1.29, 1.82) is 0 Å². The number of carbonyl (C=O) groups is 1. The molecule has 1 aromatic heterocycles. The van der Waals surface area contributed by atoms with Gasteiger partial charge in [-0.25, -0.2) is 31.7 Å². The number of amides is 2. The number of nitrogens with one attached hydrogen (secondary N) is 2. The molecule has 27 heavy (non-hydrogen) atoms. The first-order valence-corrected chi connectivity index (χ1v) is 10.3. The summed E-state index contributed by atoms with van der Waals surface area (Å²) in [5, 5.41) is 2.52. The van der Waals surface area contributed by atoms with Gasteiger partial charge < -0.3 is 0 Å². The van der Waals surface area contributed by atoms with Crippen LogP contribution in [0, 0.1) is 11.6 Å². The minimum absolute atomic E-state index is 0.125. The lowest BCUT2D eigenvalue weighted by atomic mass is 10.1. The van der Waals surface area contributed by atoms with Gasteiger partial charge in [0.05, 0.1) is 14.9 Å². The molecule has 2 aromatic carbocycles. The first kappa shape index (κ1) is 19.4. The van der Waals surface area contributed by atoms with E-state index < -0.39 is 27.7 Å². The highest BCUT2D eigenvalue weighted by atomic mass is 79.9. The first-order chi connectivity index (χ1) is 12.7. The van der Waals surface area contributed by atoms with Crippen LogP contribution in [0.5, 0.6) is 0 Å². The monoisotopic (exact) mass is 473 g/mol. The van der Waals surface area contributed by atoms with Gasteiger partial charge in [-0.3, -0.25) is 5.32 Å². The van der Waals surface area contributed by atoms with Crippen LogP contribution in [0.4, 0.5) is 18.7 Å². The number of nitrogens with zero attached hydrogens (tertiary/aromatic N) is 1. The van der Waals surface area contributed by atoms with Gasteiger partial charge in [0.15, 0.2) is 5.13 Å². The highest BCUT2D eigenvalue weighted by Crippen LogP contribution is 2.25. The standard InChI is InChI=1S/C16H10BrF2N3O3S2/c17-14-8-20-16(26-14)21-15(23)22-27(24,25)11-4-1-9(2-5-11)12-6-3-10(18)7-13(12)19/h1-8H,(H2,20,21,22,23). The molecule has 1 heterocycles. The third-order valence-corrected chi connectivity index (χ3v) is 6.07. The Bertz CT molecular complexity index is 1100. The van der Waals surface area contributed by atoms with Crippen molar-refractivity contribution in [1.82, 2.24) is 9.71 Å². The molecule has 2 amide bonds. The Kier molecular flexibility index (Phi) is 5.53. The van der Waals surface area contributed by atoms with E-state index in [2.05, 4.69) is 26.2 Å². The van der Waals surface area contributed by atoms with Gasteiger partial charge in [0.1, 0.15) is 11.6 Å². The van der Waals surface area contributed by atoms with Crippen LogP contribution in [-0.4, -0.2) is 19.4 Å². The largest absolute Gasteiger partial charge is 0.334 e. The molecule has 3 aromatic rings. The second-order valence-corrected chi connectivity index (χ2v) is 9.27. The molecule has 2 N–H and O–H groups in total. The zero-order chi connectivity index (χ0) is 19.6. The van der Waals surface area contributed by atoms with Crippen molar-refractivity contribution in [3.63, 3.8) is 0 Å². The van der Waals surface area contributed by atoms with Gasteiger partial charge in [-0.1, -0.05) is 23.5 Å². The molecule has 0 bridgehead atoms. The summed E-state index contributed by atoms with van der Waals surface area (Å²) in [6, 6.07) is 7.29. The zero-order valence-corrected chi connectivity index (χ0v) is 16.5. The summed E-state index contributed by atoms with van der Waals surface area (Å²) in [5.41, 5.74) is 0.490. The average molecular weight is 474 g/mol. The van der Waals surface area contributed by atoms with Gasteiger partial charge in [0, 0.05) is 11.6 Å². The molecule has 0 aliphatic carbocycles. The molecule has 0 saturated carbocycles. The predicted octanol–water partition coefficient (Wildman–Crippen LogP) is 4.36. The van der Waals surface area contributed by atoms with Crippen LogP contribution < -0.4 is 10.0 Å². The van der Waals surface area contributed by atoms with Crippen LogP contribution in [0.3, 0.4) is 0 Å². The van der Waals surface area contributed by atoms with Gasteiger partial charge >= 0.3 is 6.03 Å². The fraction of sp³-hybridized carbons (Fsp3) is 0. The van der Waals surface area contributed by atoms with Crippen LogP contribution >= 0.6 is 27.3 Å². The SMILES string of the molecule is O=C(Nc1ncc(Br)s1)NS(=O)(=O)c1ccc(-c2ccc(F)cc2F)cc1. The normalized spacial score (nSPS) is 11.2. The molecule has 6 nitrogen and oxygen atoms in total. The molecule has 11 heteroatoms. The van der Waals surface area contributed by atoms with Crippen LogP contribution in [0.2, 0.25) is 0 Å². The van der Waals surface area contributed by atoms with Gasteiger partial charge in [0.25, 0.3) is 10.0 Å². The number of aromatic nitrogens is 1. The number of urea groups is 1. The minimum Gasteiger partial charge on any atom is -0.283 e. The number of carbonyl (C=O) groups excluding carboxylic acids is 1. The Hall–Kier alpha value is -2.37. The Morgan fingerprint density at radius 1 is 1.11 bits per heavy atom. The molecule has 0 saturated heterocycles. The Morgan fingerprint density at radius 3 is 2.41 bits per heavy atom. The molecule has 0 spiro atoms. The third-order valence-electron chi connectivity index (χ3n) is 3.33. The van der Waals surface area contributed by atoms with Crippen molar-refractivity contribution in [3.8, 4) is 11.1 Å². The quantitative estimate of drug-likeness (QED) is 0.588. The highest BCUT2D eigenvalue weighted by molar-refractivity contribution is 9.11. The maximum absolute atomic E-state index is 13.8. The van der Waals surface area contributed by atoms with Crippen molar-refractivity contribution in [3.05, 3.63) is 64.1 Å². The summed E-state index contributed by atoms with van der Waals surface area (Å²) >= 11 is 4.29. The van der Waals surface area contributed by atoms with E-state index in [0.29, 0.717) is 9.35 Å². The smallest absolute Gasteiger partial charge is 0.283 e. The fourth-order valence-corrected chi connectivity index (χ4v) is 4.16. The molecule has 0 fully saturated rings. The van der Waals surface area contributed by atoms with E-state index in [-0.39, 0.29) is 15.6 Å². The van der Waals surface area contributed by atoms with Crippen molar-refractivity contribution < 1.29 is 22.0 Å². The predicted molar refractivity (Wildman–Crippen MR) is 101 cm³/mol. The van der Waals surface area contributed by atoms with E-state index in [1.165, 1.54) is 36.5 Å². The zero-order valence-electron chi connectivity index (χ0n) is 13.2. The first-order valence-electron chi connectivity index (χ1n) is 7.25. The molecule has 0 aliphatic heterocycles. The topological polar surface area (TPSA) is 88.2 Å². The number of sulfonamides is 1. The molecule has 140 valence electrons. The van der Waals surface area contributed by atoms with Crippen molar-refractivity contribution in [2.45, 2.75) is 4.90 Å². The van der Waals surface area contributed by atoms with Crippen LogP contribution in [0.25, 0.3) is 11.1 Å². The average Bonchev–Trinajstić information content (AvgIpc) is 2.99. The number of rotatable bonds is 4. The maximum Gasteiger partial charge on any atom is 0.334 e. The van der Waals surface area contributed by atoms with E-state index in [0.717, 1.165) is 23.5 Å². The summed E-state index contributed by atoms with van der Waals surface area (Å²) in [6.07, 6.45) is 1.46. The molecule has 0 unspecified atom stereocenters. The summed E-state index contributed by atoms with van der Waals surface area (Å²) in [7, 11) is -4.14. The lowest BCUT2D eigenvalue weighted by Gasteiger charge is -2.08. The number of hydrogen-bond donors (Lipinski definition) is 2. The number of anilines is 1. The molecule has 0 atom stereocenters. The van der Waals surface area contributed by atoms with E-state index in [1.807, 2.05) is 4.72 Å². The summed E-state index contributed by atoms with van der Waals surface area (Å²) in [6.45, 7) is 0. The van der Waals surface area contributed by atoms with Crippen LogP contribution in [0.1, 0.15) is 0 Å². The molecule has 0 radical (unpaired) electrons. The van der Waals surface area contributed by atoms with Crippen molar-refractivity contribution in [2.75, 3.05) is 5.32 Å². The van der Waals surface area contributed by atoms with Gasteiger partial charge in [0.2, 0.25) is 0 Å². The van der Waals surface area contributed by atoms with Gasteiger partial charge in [-0.2, -0.15) is 0 Å². The second kappa shape index (κ2) is 7.71. The molecular formula is C16H10BrF2N3O3S2. The van der Waals surface area contributed by atoms with Gasteiger partial charge in [-0.05, 0) is 45.8 Å². The van der Waals surface area contributed by atoms with Gasteiger partial charge in [-0.15, -0.1) is 0 Å². The summed E-state index contributed by atoms with van der Waals surface area (Å²) in [5.74, 6) is -1.48. The lowest BCUT2D eigenvalue weighted by Crippen LogP contribution is -2.34. The molecule has 3 rings (SSSR count). The van der Waals surface area contributed by atoms with E-state index >= 15 is 0 Å². The highest BCUT2D eigenvalue weighted by Gasteiger charge is 2.19. The van der Waals surface area contributed by atoms with Crippen LogP contribution in [0.15, 0.2) is 57.3 Å². The molecular weight excluding hydrogens is 464 g/mol. The maximum atomic E-state index is 13.8. The second-order valence-electron chi connectivity index (χ2n) is 5.18. The van der Waals surface area contributed by atoms with E-state index in [1.54, 1.807) is 0 Å². The fourth-order valence-electron chi connectivity index (χ4n) is 2.15. The van der Waals surface area contributed by atoms with Crippen molar-refractivity contribution in [2.24, 2.45) is 0 Å². The Labute approximate surface area is 165 Å². The lowest BCUT2D eigenvalue weighted by molar-refractivity contribution is 0.256. The number of halogens is 3.